The lowest BCUT2D eigenvalue weighted by atomic mass is 9.85. The summed E-state index contributed by atoms with van der Waals surface area (Å²) in [4.78, 5) is 23.1. The van der Waals surface area contributed by atoms with Crippen molar-refractivity contribution in [3.8, 4) is 0 Å². The number of aliphatic carboxylic acids is 1. The molecule has 0 saturated heterocycles. The molecule has 0 unspecified atom stereocenters. The van der Waals surface area contributed by atoms with Crippen molar-refractivity contribution in [3.63, 3.8) is 0 Å². The Balaban J connectivity index is 4.92. The van der Waals surface area contributed by atoms with Crippen LogP contribution in [0.1, 0.15) is 47.5 Å². The van der Waals surface area contributed by atoms with Crippen molar-refractivity contribution in [3.05, 3.63) is 0 Å². The standard InChI is InChI=1S/C12H24N2O3/c1-6-12(13,7-2)10(17)14-8(9(15)16)11(3,4)5/h8H,6-7,13H2,1-5H3,(H,14,17)(H,15,16)/t8-/m1/s1. The number of carboxylic acid groups (broad SMARTS) is 1. The molecule has 17 heavy (non-hydrogen) atoms. The molecule has 5 heteroatoms. The maximum atomic E-state index is 12.0. The number of carbonyl (C=O) groups excluding carboxylic acids is 1. The molecule has 0 bridgehead atoms. The van der Waals surface area contributed by atoms with Crippen LogP contribution >= 0.6 is 0 Å². The molecule has 100 valence electrons. The monoisotopic (exact) mass is 244 g/mol. The van der Waals surface area contributed by atoms with E-state index in [1.807, 2.05) is 13.8 Å². The van der Waals surface area contributed by atoms with E-state index in [0.29, 0.717) is 12.8 Å². The van der Waals surface area contributed by atoms with E-state index < -0.39 is 28.9 Å². The molecule has 0 rings (SSSR count). The second-order valence-electron chi connectivity index (χ2n) is 5.47. The summed E-state index contributed by atoms with van der Waals surface area (Å²) in [5.74, 6) is -1.44. The molecule has 0 aliphatic rings. The number of carboxylic acids is 1. The van der Waals surface area contributed by atoms with Crippen LogP contribution in [0, 0.1) is 5.41 Å². The first kappa shape index (κ1) is 15.9. The van der Waals surface area contributed by atoms with E-state index >= 15 is 0 Å². The molecule has 1 amide bonds. The van der Waals surface area contributed by atoms with Crippen LogP contribution in [0.3, 0.4) is 0 Å². The summed E-state index contributed by atoms with van der Waals surface area (Å²) >= 11 is 0. The lowest BCUT2D eigenvalue weighted by Crippen LogP contribution is -2.59. The summed E-state index contributed by atoms with van der Waals surface area (Å²) in [7, 11) is 0. The second kappa shape index (κ2) is 5.49. The first-order valence-electron chi connectivity index (χ1n) is 5.91. The van der Waals surface area contributed by atoms with Crippen LogP contribution in [0.2, 0.25) is 0 Å². The molecule has 0 aromatic heterocycles. The molecule has 0 fully saturated rings. The van der Waals surface area contributed by atoms with Gasteiger partial charge in [0.25, 0.3) is 0 Å². The van der Waals surface area contributed by atoms with Gasteiger partial charge in [-0.2, -0.15) is 0 Å². The third kappa shape index (κ3) is 4.00. The Kier molecular flexibility index (Phi) is 5.13. The van der Waals surface area contributed by atoms with E-state index in [1.165, 1.54) is 0 Å². The summed E-state index contributed by atoms with van der Waals surface area (Å²) in [6, 6.07) is -0.934. The van der Waals surface area contributed by atoms with Crippen molar-refractivity contribution < 1.29 is 14.7 Å². The lowest BCUT2D eigenvalue weighted by Gasteiger charge is -2.32. The van der Waals surface area contributed by atoms with Gasteiger partial charge in [-0.3, -0.25) is 4.79 Å². The number of amides is 1. The number of hydrogen-bond donors (Lipinski definition) is 3. The number of nitrogens with two attached hydrogens (primary N) is 1. The maximum Gasteiger partial charge on any atom is 0.326 e. The molecule has 0 aliphatic heterocycles. The molecule has 5 nitrogen and oxygen atoms in total. The topological polar surface area (TPSA) is 92.4 Å². The van der Waals surface area contributed by atoms with Gasteiger partial charge in [-0.25, -0.2) is 4.79 Å². The molecule has 0 aromatic carbocycles. The van der Waals surface area contributed by atoms with Crippen LogP contribution in [0.25, 0.3) is 0 Å². The van der Waals surface area contributed by atoms with Crippen LogP contribution in [0.15, 0.2) is 0 Å². The van der Waals surface area contributed by atoms with E-state index in [-0.39, 0.29) is 0 Å². The Bertz CT molecular complexity index is 291. The predicted octanol–water partition coefficient (Wildman–Crippen LogP) is 1.12. The Morgan fingerprint density at radius 1 is 1.24 bits per heavy atom. The van der Waals surface area contributed by atoms with Crippen LogP contribution in [0.4, 0.5) is 0 Å². The average Bonchev–Trinajstić information content (AvgIpc) is 2.22. The minimum atomic E-state index is -1.04. The van der Waals surface area contributed by atoms with E-state index in [0.717, 1.165) is 0 Å². The zero-order valence-electron chi connectivity index (χ0n) is 11.3. The first-order valence-corrected chi connectivity index (χ1v) is 5.91. The van der Waals surface area contributed by atoms with Gasteiger partial charge < -0.3 is 16.2 Å². The van der Waals surface area contributed by atoms with Gasteiger partial charge in [0.1, 0.15) is 6.04 Å². The summed E-state index contributed by atoms with van der Waals surface area (Å²) in [6.07, 6.45) is 0.956. The molecule has 0 aliphatic carbocycles. The molecular formula is C12H24N2O3. The van der Waals surface area contributed by atoms with Crippen molar-refractivity contribution in [2.24, 2.45) is 11.1 Å². The van der Waals surface area contributed by atoms with Crippen LogP contribution in [-0.2, 0) is 9.59 Å². The molecule has 1 atom stereocenters. The van der Waals surface area contributed by atoms with Crippen molar-refractivity contribution in [1.82, 2.24) is 5.32 Å². The van der Waals surface area contributed by atoms with Gasteiger partial charge >= 0.3 is 5.97 Å². The zero-order chi connectivity index (χ0) is 13.9. The highest BCUT2D eigenvalue weighted by molar-refractivity contribution is 5.90. The van der Waals surface area contributed by atoms with Gasteiger partial charge in [-0.15, -0.1) is 0 Å². The summed E-state index contributed by atoms with van der Waals surface area (Å²) < 4.78 is 0. The fourth-order valence-electron chi connectivity index (χ4n) is 1.49. The fourth-order valence-corrected chi connectivity index (χ4v) is 1.49. The molecule has 0 spiro atoms. The number of hydrogen-bond acceptors (Lipinski definition) is 3. The SMILES string of the molecule is CCC(N)(CC)C(=O)N[C@H](C(=O)O)C(C)(C)C. The Morgan fingerprint density at radius 3 is 1.88 bits per heavy atom. The normalized spacial score (nSPS) is 14.2. The maximum absolute atomic E-state index is 12.0. The highest BCUT2D eigenvalue weighted by Crippen LogP contribution is 2.21. The number of carbonyl (C=O) groups is 2. The molecule has 0 radical (unpaired) electrons. The largest absolute Gasteiger partial charge is 0.480 e. The van der Waals surface area contributed by atoms with E-state index in [1.54, 1.807) is 20.8 Å². The van der Waals surface area contributed by atoms with E-state index in [4.69, 9.17) is 10.8 Å². The lowest BCUT2D eigenvalue weighted by molar-refractivity contribution is -0.146. The summed E-state index contributed by atoms with van der Waals surface area (Å²) in [5.41, 5.74) is 4.39. The van der Waals surface area contributed by atoms with Crippen LogP contribution in [0.5, 0.6) is 0 Å². The Hall–Kier alpha value is -1.10. The molecule has 4 N–H and O–H groups in total. The average molecular weight is 244 g/mol. The zero-order valence-corrected chi connectivity index (χ0v) is 11.3. The molecule has 0 heterocycles. The van der Waals surface area contributed by atoms with Gasteiger partial charge in [0.2, 0.25) is 5.91 Å². The van der Waals surface area contributed by atoms with Crippen molar-refractivity contribution in [2.75, 3.05) is 0 Å². The van der Waals surface area contributed by atoms with Crippen molar-refractivity contribution in [2.45, 2.75) is 59.0 Å². The Labute approximate surface area is 103 Å². The summed E-state index contributed by atoms with van der Waals surface area (Å²) in [5, 5.41) is 11.6. The second-order valence-corrected chi connectivity index (χ2v) is 5.47. The first-order chi connectivity index (χ1) is 7.58. The Morgan fingerprint density at radius 2 is 1.65 bits per heavy atom. The minimum Gasteiger partial charge on any atom is -0.480 e. The van der Waals surface area contributed by atoms with E-state index in [9.17, 15) is 9.59 Å². The van der Waals surface area contributed by atoms with Crippen LogP contribution in [-0.4, -0.2) is 28.6 Å². The highest BCUT2D eigenvalue weighted by atomic mass is 16.4. The van der Waals surface area contributed by atoms with Gasteiger partial charge in [0.15, 0.2) is 0 Å². The molecule has 0 saturated carbocycles. The smallest absolute Gasteiger partial charge is 0.326 e. The number of nitrogens with one attached hydrogen (secondary N) is 1. The quantitative estimate of drug-likeness (QED) is 0.675. The predicted molar refractivity (Wildman–Crippen MR) is 66.5 cm³/mol. The van der Waals surface area contributed by atoms with Gasteiger partial charge in [-0.1, -0.05) is 34.6 Å². The fraction of sp³-hybridized carbons (Fsp3) is 0.833. The van der Waals surface area contributed by atoms with Crippen molar-refractivity contribution in [1.29, 1.82) is 0 Å². The minimum absolute atomic E-state index is 0.398. The third-order valence-electron chi connectivity index (χ3n) is 3.10. The van der Waals surface area contributed by atoms with Gasteiger partial charge in [-0.05, 0) is 18.3 Å². The molecule has 0 aromatic rings. The highest BCUT2D eigenvalue weighted by Gasteiger charge is 2.37. The molecular weight excluding hydrogens is 220 g/mol. The van der Waals surface area contributed by atoms with E-state index in [2.05, 4.69) is 5.32 Å². The van der Waals surface area contributed by atoms with Gasteiger partial charge in [0, 0.05) is 0 Å². The van der Waals surface area contributed by atoms with Crippen molar-refractivity contribution >= 4 is 11.9 Å². The summed E-state index contributed by atoms with van der Waals surface area (Å²) in [6.45, 7) is 8.93. The van der Waals surface area contributed by atoms with Crippen LogP contribution < -0.4 is 11.1 Å². The van der Waals surface area contributed by atoms with Gasteiger partial charge in [0.05, 0.1) is 5.54 Å². The number of rotatable bonds is 5. The third-order valence-corrected chi connectivity index (χ3v) is 3.10.